The molecule has 20 heavy (non-hydrogen) atoms. The Bertz CT molecular complexity index is 433. The molecule has 0 radical (unpaired) electrons. The molecule has 0 saturated carbocycles. The van der Waals surface area contributed by atoms with Crippen LogP contribution in [-0.4, -0.2) is 31.3 Å². The highest BCUT2D eigenvalue weighted by atomic mass is 16.5. The molecule has 2 N–H and O–H groups in total. The third-order valence-electron chi connectivity index (χ3n) is 2.88. The summed E-state index contributed by atoms with van der Waals surface area (Å²) in [4.78, 5) is 11.1. The molecule has 0 aliphatic heterocycles. The average Bonchev–Trinajstić information content (AvgIpc) is 2.38. The topological polar surface area (TPSA) is 67.8 Å². The van der Waals surface area contributed by atoms with Gasteiger partial charge in [0.25, 0.3) is 0 Å². The normalized spacial score (nSPS) is 11.2. The summed E-state index contributed by atoms with van der Waals surface area (Å²) in [5.41, 5.74) is -0.00407. The van der Waals surface area contributed by atoms with Crippen LogP contribution in [0, 0.1) is 5.41 Å². The number of carbonyl (C=O) groups is 1. The Balaban J connectivity index is 2.98. The Hall–Kier alpha value is -1.75. The lowest BCUT2D eigenvalue weighted by Gasteiger charge is -2.22. The lowest BCUT2D eigenvalue weighted by Crippen LogP contribution is -2.31. The molecule has 0 aliphatic rings. The molecule has 5 heteroatoms. The van der Waals surface area contributed by atoms with Gasteiger partial charge in [-0.05, 0) is 33.9 Å². The maximum atomic E-state index is 11.1. The molecule has 0 amide bonds. The predicted octanol–water partition coefficient (Wildman–Crippen LogP) is 2.29. The summed E-state index contributed by atoms with van der Waals surface area (Å²) in [6.07, 6.45) is 0. The van der Waals surface area contributed by atoms with Crippen LogP contribution in [0.5, 0.6) is 11.5 Å². The average molecular weight is 281 g/mol. The van der Waals surface area contributed by atoms with E-state index in [9.17, 15) is 4.79 Å². The summed E-state index contributed by atoms with van der Waals surface area (Å²) in [6, 6.07) is 5.65. The summed E-state index contributed by atoms with van der Waals surface area (Å²) >= 11 is 0. The van der Waals surface area contributed by atoms with Gasteiger partial charge in [-0.15, -0.1) is 0 Å². The fourth-order valence-corrected chi connectivity index (χ4v) is 1.64. The zero-order chi connectivity index (χ0) is 15.2. The third-order valence-corrected chi connectivity index (χ3v) is 2.88. The molecule has 112 valence electrons. The third kappa shape index (κ3) is 4.13. The number of para-hydroxylation sites is 1. The Morgan fingerprint density at radius 1 is 1.35 bits per heavy atom. The summed E-state index contributed by atoms with van der Waals surface area (Å²) < 4.78 is 11.3. The molecule has 5 nitrogen and oxygen atoms in total. The minimum Gasteiger partial charge on any atom is -0.490 e. The van der Waals surface area contributed by atoms with Crippen LogP contribution in [0.25, 0.3) is 0 Å². The highest BCUT2D eigenvalue weighted by molar-refractivity contribution is 5.73. The van der Waals surface area contributed by atoms with Gasteiger partial charge in [0.2, 0.25) is 0 Å². The summed E-state index contributed by atoms with van der Waals surface area (Å²) in [5.74, 6) is 0.362. The second kappa shape index (κ2) is 7.14. The van der Waals surface area contributed by atoms with Crippen molar-refractivity contribution in [2.45, 2.75) is 27.3 Å². The zero-order valence-electron chi connectivity index (χ0n) is 12.5. The number of benzene rings is 1. The van der Waals surface area contributed by atoms with E-state index in [2.05, 4.69) is 5.32 Å². The van der Waals surface area contributed by atoms with Gasteiger partial charge in [-0.2, -0.15) is 0 Å². The van der Waals surface area contributed by atoms with Gasteiger partial charge in [0, 0.05) is 12.1 Å². The SMILES string of the molecule is CCOc1cccc(CNC)c1OCC(C)(C)C(=O)O. The van der Waals surface area contributed by atoms with Crippen molar-refractivity contribution in [2.75, 3.05) is 20.3 Å². The molecular formula is C15H23NO4. The number of hydrogen-bond donors (Lipinski definition) is 2. The van der Waals surface area contributed by atoms with Crippen molar-refractivity contribution < 1.29 is 19.4 Å². The van der Waals surface area contributed by atoms with E-state index >= 15 is 0 Å². The fraction of sp³-hybridized carbons (Fsp3) is 0.533. The van der Waals surface area contributed by atoms with Crippen molar-refractivity contribution in [3.8, 4) is 11.5 Å². The smallest absolute Gasteiger partial charge is 0.312 e. The van der Waals surface area contributed by atoms with E-state index in [1.165, 1.54) is 0 Å². The second-order valence-corrected chi connectivity index (χ2v) is 5.19. The number of aliphatic carboxylic acids is 1. The lowest BCUT2D eigenvalue weighted by atomic mass is 9.95. The molecule has 0 heterocycles. The van der Waals surface area contributed by atoms with Crippen molar-refractivity contribution in [1.29, 1.82) is 0 Å². The molecule has 0 aliphatic carbocycles. The molecule has 0 atom stereocenters. The van der Waals surface area contributed by atoms with Crippen molar-refractivity contribution in [3.63, 3.8) is 0 Å². The Labute approximate surface area is 119 Å². The fourth-order valence-electron chi connectivity index (χ4n) is 1.64. The van der Waals surface area contributed by atoms with Crippen LogP contribution in [0.15, 0.2) is 18.2 Å². The number of carboxylic acid groups (broad SMARTS) is 1. The number of hydrogen-bond acceptors (Lipinski definition) is 4. The highest BCUT2D eigenvalue weighted by Crippen LogP contribution is 2.33. The minimum atomic E-state index is -0.948. The molecule has 0 bridgehead atoms. The largest absolute Gasteiger partial charge is 0.490 e. The molecule has 0 spiro atoms. The van der Waals surface area contributed by atoms with E-state index in [4.69, 9.17) is 14.6 Å². The quantitative estimate of drug-likeness (QED) is 0.765. The monoisotopic (exact) mass is 281 g/mol. The Morgan fingerprint density at radius 2 is 2.05 bits per heavy atom. The van der Waals surface area contributed by atoms with Crippen molar-refractivity contribution in [2.24, 2.45) is 5.41 Å². The van der Waals surface area contributed by atoms with Crippen LogP contribution in [0.4, 0.5) is 0 Å². The van der Waals surface area contributed by atoms with E-state index in [-0.39, 0.29) is 6.61 Å². The van der Waals surface area contributed by atoms with Gasteiger partial charge in [-0.1, -0.05) is 12.1 Å². The van der Waals surface area contributed by atoms with E-state index in [1.54, 1.807) is 13.8 Å². The number of rotatable bonds is 8. The van der Waals surface area contributed by atoms with Gasteiger partial charge < -0.3 is 19.9 Å². The highest BCUT2D eigenvalue weighted by Gasteiger charge is 2.29. The Kier molecular flexibility index (Phi) is 5.82. The van der Waals surface area contributed by atoms with Crippen molar-refractivity contribution in [1.82, 2.24) is 5.32 Å². The molecule has 1 aromatic rings. The molecule has 0 aromatic heterocycles. The van der Waals surface area contributed by atoms with Crippen LogP contribution in [-0.2, 0) is 11.3 Å². The zero-order valence-corrected chi connectivity index (χ0v) is 12.5. The maximum absolute atomic E-state index is 11.1. The van der Waals surface area contributed by atoms with E-state index in [0.717, 1.165) is 5.56 Å². The lowest BCUT2D eigenvalue weighted by molar-refractivity contribution is -0.148. The molecule has 0 fully saturated rings. The predicted molar refractivity (Wildman–Crippen MR) is 77.3 cm³/mol. The van der Waals surface area contributed by atoms with Crippen LogP contribution < -0.4 is 14.8 Å². The number of nitrogens with one attached hydrogen (secondary N) is 1. The van der Waals surface area contributed by atoms with Gasteiger partial charge in [-0.3, -0.25) is 4.79 Å². The van der Waals surface area contributed by atoms with Crippen molar-refractivity contribution >= 4 is 5.97 Å². The number of ether oxygens (including phenoxy) is 2. The first-order chi connectivity index (χ1) is 9.42. The maximum Gasteiger partial charge on any atom is 0.312 e. The van der Waals surface area contributed by atoms with E-state index in [1.807, 2.05) is 32.2 Å². The molecule has 0 unspecified atom stereocenters. The van der Waals surface area contributed by atoms with Crippen LogP contribution >= 0.6 is 0 Å². The minimum absolute atomic E-state index is 0.0864. The van der Waals surface area contributed by atoms with Gasteiger partial charge >= 0.3 is 5.97 Å². The summed E-state index contributed by atoms with van der Waals surface area (Å²) in [5, 5.41) is 12.2. The summed E-state index contributed by atoms with van der Waals surface area (Å²) in [6.45, 7) is 6.41. The first-order valence-corrected chi connectivity index (χ1v) is 6.68. The number of carboxylic acids is 1. The van der Waals surface area contributed by atoms with Crippen molar-refractivity contribution in [3.05, 3.63) is 23.8 Å². The van der Waals surface area contributed by atoms with Gasteiger partial charge in [0.15, 0.2) is 11.5 Å². The van der Waals surface area contributed by atoms with Gasteiger partial charge in [-0.25, -0.2) is 0 Å². The Morgan fingerprint density at radius 3 is 2.60 bits per heavy atom. The van der Waals surface area contributed by atoms with Crippen LogP contribution in [0.2, 0.25) is 0 Å². The van der Waals surface area contributed by atoms with Crippen LogP contribution in [0.1, 0.15) is 26.3 Å². The van der Waals surface area contributed by atoms with E-state index < -0.39 is 11.4 Å². The molecule has 1 aromatic carbocycles. The molecular weight excluding hydrogens is 258 g/mol. The molecule has 1 rings (SSSR count). The molecule has 0 saturated heterocycles. The second-order valence-electron chi connectivity index (χ2n) is 5.19. The summed E-state index contributed by atoms with van der Waals surface area (Å²) in [7, 11) is 1.85. The van der Waals surface area contributed by atoms with Gasteiger partial charge in [0.05, 0.1) is 12.0 Å². The van der Waals surface area contributed by atoms with E-state index in [0.29, 0.717) is 24.7 Å². The van der Waals surface area contributed by atoms with Gasteiger partial charge in [0.1, 0.15) is 6.61 Å². The first kappa shape index (κ1) is 16.3. The standard InChI is InChI=1S/C15H23NO4/c1-5-19-12-8-6-7-11(9-16-4)13(12)20-10-15(2,3)14(17)18/h6-8,16H,5,9-10H2,1-4H3,(H,17,18). The van der Waals surface area contributed by atoms with Crippen LogP contribution in [0.3, 0.4) is 0 Å². The first-order valence-electron chi connectivity index (χ1n) is 6.68.